The van der Waals surface area contributed by atoms with E-state index in [4.69, 9.17) is 14.0 Å². The summed E-state index contributed by atoms with van der Waals surface area (Å²) in [7, 11) is 1.67. The van der Waals surface area contributed by atoms with Gasteiger partial charge in [0.1, 0.15) is 18.1 Å². The van der Waals surface area contributed by atoms with Crippen LogP contribution in [0.1, 0.15) is 16.8 Å². The molecule has 174 valence electrons. The average molecular weight is 462 g/mol. The summed E-state index contributed by atoms with van der Waals surface area (Å²) < 4.78 is 17.7. The fourth-order valence-corrected chi connectivity index (χ4v) is 4.29. The molecule has 0 aliphatic rings. The van der Waals surface area contributed by atoms with E-state index in [1.165, 1.54) is 0 Å². The monoisotopic (exact) mass is 461 g/mol. The molecule has 0 unspecified atom stereocenters. The number of nitrogens with zero attached hydrogens (tertiary/aromatic N) is 1. The van der Waals surface area contributed by atoms with Crippen LogP contribution in [0.25, 0.3) is 33.6 Å². The molecule has 0 aliphatic heterocycles. The van der Waals surface area contributed by atoms with Crippen molar-refractivity contribution in [3.8, 4) is 45.1 Å². The van der Waals surface area contributed by atoms with Crippen LogP contribution in [0, 0.1) is 13.8 Å². The molecular formula is C31H27NO3. The fourth-order valence-electron chi connectivity index (χ4n) is 4.29. The summed E-state index contributed by atoms with van der Waals surface area (Å²) >= 11 is 0. The molecule has 4 heteroatoms. The maximum Gasteiger partial charge on any atom is 0.178 e. The lowest BCUT2D eigenvalue weighted by atomic mass is 9.93. The lowest BCUT2D eigenvalue weighted by Gasteiger charge is -2.16. The van der Waals surface area contributed by atoms with Gasteiger partial charge >= 0.3 is 0 Å². The van der Waals surface area contributed by atoms with E-state index in [0.29, 0.717) is 12.4 Å². The van der Waals surface area contributed by atoms with Crippen molar-refractivity contribution < 1.29 is 14.0 Å². The summed E-state index contributed by atoms with van der Waals surface area (Å²) in [6.45, 7) is 4.53. The van der Waals surface area contributed by atoms with E-state index in [2.05, 4.69) is 60.6 Å². The zero-order valence-electron chi connectivity index (χ0n) is 20.1. The standard InChI is InChI=1S/C31H27NO3/c1-21-18-29(34-20-23-10-6-4-7-11-23)28(19-27(21)24-12-8-5-9-13-24)31-30(22(2)32-35-31)25-14-16-26(33-3)17-15-25/h4-19H,20H2,1-3H3. The molecule has 4 nitrogen and oxygen atoms in total. The highest BCUT2D eigenvalue weighted by Crippen LogP contribution is 2.43. The van der Waals surface area contributed by atoms with Crippen LogP contribution >= 0.6 is 0 Å². The van der Waals surface area contributed by atoms with Crippen LogP contribution in [0.15, 0.2) is 102 Å². The van der Waals surface area contributed by atoms with Crippen LogP contribution in [0.2, 0.25) is 0 Å². The van der Waals surface area contributed by atoms with E-state index in [9.17, 15) is 0 Å². The SMILES string of the molecule is COc1ccc(-c2c(C)noc2-c2cc(-c3ccccc3)c(C)cc2OCc2ccccc2)cc1. The Morgan fingerprint density at radius 2 is 1.43 bits per heavy atom. The summed E-state index contributed by atoms with van der Waals surface area (Å²) in [5.41, 5.74) is 8.15. The molecule has 0 spiro atoms. The van der Waals surface area contributed by atoms with E-state index >= 15 is 0 Å². The zero-order chi connectivity index (χ0) is 24.2. The molecule has 0 saturated carbocycles. The highest BCUT2D eigenvalue weighted by Gasteiger charge is 2.22. The second-order valence-electron chi connectivity index (χ2n) is 8.50. The van der Waals surface area contributed by atoms with Gasteiger partial charge in [-0.15, -0.1) is 0 Å². The first-order valence-electron chi connectivity index (χ1n) is 11.6. The van der Waals surface area contributed by atoms with Crippen molar-refractivity contribution in [3.05, 3.63) is 114 Å². The largest absolute Gasteiger partial charge is 0.497 e. The molecule has 0 radical (unpaired) electrons. The number of aryl methyl sites for hydroxylation is 2. The van der Waals surface area contributed by atoms with Crippen molar-refractivity contribution in [2.24, 2.45) is 0 Å². The van der Waals surface area contributed by atoms with Gasteiger partial charge in [0.25, 0.3) is 0 Å². The van der Waals surface area contributed by atoms with Gasteiger partial charge in [0.2, 0.25) is 0 Å². The zero-order valence-corrected chi connectivity index (χ0v) is 20.1. The van der Waals surface area contributed by atoms with Gasteiger partial charge in [-0.1, -0.05) is 78.0 Å². The minimum absolute atomic E-state index is 0.461. The molecule has 4 aromatic carbocycles. The third kappa shape index (κ3) is 4.69. The molecule has 0 N–H and O–H groups in total. The molecule has 1 heterocycles. The topological polar surface area (TPSA) is 44.5 Å². The molecule has 0 fully saturated rings. The van der Waals surface area contributed by atoms with E-state index in [0.717, 1.165) is 56.1 Å². The summed E-state index contributed by atoms with van der Waals surface area (Å²) in [4.78, 5) is 0. The minimum atomic E-state index is 0.461. The second kappa shape index (κ2) is 9.90. The van der Waals surface area contributed by atoms with E-state index in [1.54, 1.807) is 7.11 Å². The third-order valence-corrected chi connectivity index (χ3v) is 6.13. The number of hydrogen-bond donors (Lipinski definition) is 0. The van der Waals surface area contributed by atoms with E-state index in [-0.39, 0.29) is 0 Å². The van der Waals surface area contributed by atoms with Gasteiger partial charge < -0.3 is 14.0 Å². The van der Waals surface area contributed by atoms with Gasteiger partial charge in [0, 0.05) is 0 Å². The van der Waals surface area contributed by atoms with Crippen molar-refractivity contribution in [2.75, 3.05) is 7.11 Å². The first-order valence-corrected chi connectivity index (χ1v) is 11.6. The van der Waals surface area contributed by atoms with Gasteiger partial charge in [-0.05, 0) is 65.9 Å². The summed E-state index contributed by atoms with van der Waals surface area (Å²) in [6.07, 6.45) is 0. The normalized spacial score (nSPS) is 10.8. The Kier molecular flexibility index (Phi) is 6.36. The fraction of sp³-hybridized carbons (Fsp3) is 0.129. The average Bonchev–Trinajstić information content (AvgIpc) is 3.29. The van der Waals surface area contributed by atoms with E-state index < -0.39 is 0 Å². The van der Waals surface area contributed by atoms with Crippen LogP contribution in [-0.2, 0) is 6.61 Å². The number of rotatable bonds is 7. The maximum atomic E-state index is 6.38. The van der Waals surface area contributed by atoms with Crippen molar-refractivity contribution >= 4 is 0 Å². The van der Waals surface area contributed by atoms with Crippen LogP contribution in [0.4, 0.5) is 0 Å². The van der Waals surface area contributed by atoms with Crippen LogP contribution in [0.5, 0.6) is 11.5 Å². The molecule has 5 aromatic rings. The summed E-state index contributed by atoms with van der Waals surface area (Å²) in [5.74, 6) is 2.25. The van der Waals surface area contributed by atoms with Gasteiger partial charge in [0.15, 0.2) is 5.76 Å². The number of benzene rings is 4. The first kappa shape index (κ1) is 22.5. The number of aromatic nitrogens is 1. The molecule has 0 amide bonds. The van der Waals surface area contributed by atoms with Crippen LogP contribution in [-0.4, -0.2) is 12.3 Å². The summed E-state index contributed by atoms with van der Waals surface area (Å²) in [6, 6.07) is 32.7. The second-order valence-corrected chi connectivity index (χ2v) is 8.50. The van der Waals surface area contributed by atoms with Gasteiger partial charge in [-0.2, -0.15) is 0 Å². The van der Waals surface area contributed by atoms with Crippen molar-refractivity contribution in [1.82, 2.24) is 5.16 Å². The van der Waals surface area contributed by atoms with Crippen LogP contribution in [0.3, 0.4) is 0 Å². The molecule has 1 aromatic heterocycles. The van der Waals surface area contributed by atoms with Gasteiger partial charge in [-0.3, -0.25) is 0 Å². The van der Waals surface area contributed by atoms with E-state index in [1.807, 2.05) is 55.5 Å². The first-order chi connectivity index (χ1) is 17.1. The Bertz CT molecular complexity index is 1420. The van der Waals surface area contributed by atoms with Gasteiger partial charge in [0.05, 0.1) is 23.9 Å². The lowest BCUT2D eigenvalue weighted by Crippen LogP contribution is -1.99. The van der Waals surface area contributed by atoms with Crippen molar-refractivity contribution in [2.45, 2.75) is 20.5 Å². The Balaban J connectivity index is 1.65. The van der Waals surface area contributed by atoms with Crippen molar-refractivity contribution in [3.63, 3.8) is 0 Å². The summed E-state index contributed by atoms with van der Waals surface area (Å²) in [5, 5.41) is 4.33. The minimum Gasteiger partial charge on any atom is -0.497 e. The maximum absolute atomic E-state index is 6.38. The third-order valence-electron chi connectivity index (χ3n) is 6.13. The Morgan fingerprint density at radius 1 is 0.743 bits per heavy atom. The quantitative estimate of drug-likeness (QED) is 0.247. The molecule has 0 atom stereocenters. The molecule has 0 saturated heterocycles. The number of ether oxygens (including phenoxy) is 2. The lowest BCUT2D eigenvalue weighted by molar-refractivity contribution is 0.306. The highest BCUT2D eigenvalue weighted by atomic mass is 16.5. The molecular weight excluding hydrogens is 434 g/mol. The molecule has 35 heavy (non-hydrogen) atoms. The Labute approximate surface area is 205 Å². The Hall–Kier alpha value is -4.31. The smallest absolute Gasteiger partial charge is 0.178 e. The number of methoxy groups -OCH3 is 1. The number of hydrogen-bond acceptors (Lipinski definition) is 4. The highest BCUT2D eigenvalue weighted by molar-refractivity contribution is 5.87. The molecule has 5 rings (SSSR count). The predicted molar refractivity (Wildman–Crippen MR) is 140 cm³/mol. The van der Waals surface area contributed by atoms with Crippen molar-refractivity contribution in [1.29, 1.82) is 0 Å². The molecule has 0 bridgehead atoms. The van der Waals surface area contributed by atoms with Crippen LogP contribution < -0.4 is 9.47 Å². The Morgan fingerprint density at radius 3 is 2.11 bits per heavy atom. The molecule has 0 aliphatic carbocycles. The van der Waals surface area contributed by atoms with Gasteiger partial charge in [-0.25, -0.2) is 0 Å². The predicted octanol–water partition coefficient (Wildman–Crippen LogP) is 7.88.